The Morgan fingerprint density at radius 3 is 2.62 bits per heavy atom. The number of Topliss-reactive ketones (excluding diaryl/α,β-unsaturated/α-hetero) is 1. The molecule has 0 aromatic carbocycles. The van der Waals surface area contributed by atoms with Crippen LogP contribution in [0.4, 0.5) is 13.2 Å². The largest absolute Gasteiger partial charge is 0.424 e. The van der Waals surface area contributed by atoms with Crippen LogP contribution in [0.2, 0.25) is 0 Å². The van der Waals surface area contributed by atoms with E-state index in [2.05, 4.69) is 19.1 Å². The molecule has 6 heteroatoms. The Kier molecular flexibility index (Phi) is 3.84. The number of alkyl halides is 3. The lowest BCUT2D eigenvalue weighted by Crippen LogP contribution is -2.61. The lowest BCUT2D eigenvalue weighted by molar-refractivity contribution is -0.262. The van der Waals surface area contributed by atoms with Gasteiger partial charge in [-0.15, -0.1) is 0 Å². The van der Waals surface area contributed by atoms with E-state index in [4.69, 9.17) is 11.6 Å². The van der Waals surface area contributed by atoms with Crippen molar-refractivity contribution in [3.8, 4) is 0 Å². The quantitative estimate of drug-likeness (QED) is 0.582. The fourth-order valence-electron chi connectivity index (χ4n) is 6.48. The molecule has 0 spiro atoms. The molecule has 1 N–H and O–H groups in total. The van der Waals surface area contributed by atoms with Gasteiger partial charge in [0.1, 0.15) is 0 Å². The van der Waals surface area contributed by atoms with Gasteiger partial charge in [-0.1, -0.05) is 37.6 Å². The maximum absolute atomic E-state index is 13.6. The zero-order chi connectivity index (χ0) is 19.1. The van der Waals surface area contributed by atoms with Gasteiger partial charge < -0.3 is 5.11 Å². The molecule has 0 aliphatic heterocycles. The lowest BCUT2D eigenvalue weighted by atomic mass is 9.46. The van der Waals surface area contributed by atoms with Crippen molar-refractivity contribution in [3.05, 3.63) is 22.8 Å². The third-order valence-corrected chi connectivity index (χ3v) is 8.30. The zero-order valence-electron chi connectivity index (χ0n) is 15.0. The minimum atomic E-state index is -5.03. The molecule has 0 amide bonds. The number of fused-ring (bicyclic) bond motifs is 5. The van der Waals surface area contributed by atoms with E-state index >= 15 is 0 Å². The zero-order valence-corrected chi connectivity index (χ0v) is 15.8. The Morgan fingerprint density at radius 2 is 1.96 bits per heavy atom. The highest BCUT2D eigenvalue weighted by molar-refractivity contribution is 6.44. The van der Waals surface area contributed by atoms with Crippen LogP contribution < -0.4 is 0 Å². The number of rotatable bonds is 0. The molecular formula is C20H24ClF3O2. The first-order valence-electron chi connectivity index (χ1n) is 9.34. The Balaban J connectivity index is 1.80. The molecule has 0 aromatic heterocycles. The molecule has 144 valence electrons. The minimum absolute atomic E-state index is 0.00259. The van der Waals surface area contributed by atoms with Crippen LogP contribution >= 0.6 is 11.6 Å². The average Bonchev–Trinajstić information content (AvgIpc) is 2.93. The average molecular weight is 389 g/mol. The number of carbonyl (C=O) groups excluding carboxylic acids is 1. The predicted molar refractivity (Wildman–Crippen MR) is 92.4 cm³/mol. The second kappa shape index (κ2) is 5.38. The van der Waals surface area contributed by atoms with E-state index in [1.54, 1.807) is 6.92 Å². The second-order valence-electron chi connectivity index (χ2n) is 9.23. The van der Waals surface area contributed by atoms with Gasteiger partial charge in [0.2, 0.25) is 11.4 Å². The number of halogens is 4. The Hall–Kier alpha value is -0.810. The van der Waals surface area contributed by atoms with Gasteiger partial charge in [-0.25, -0.2) is 0 Å². The van der Waals surface area contributed by atoms with Gasteiger partial charge in [0.25, 0.3) is 0 Å². The summed E-state index contributed by atoms with van der Waals surface area (Å²) < 4.78 is 40.8. The number of carbonyl (C=O) groups is 1. The van der Waals surface area contributed by atoms with Crippen molar-refractivity contribution in [1.82, 2.24) is 0 Å². The first kappa shape index (κ1) is 18.5. The van der Waals surface area contributed by atoms with Crippen LogP contribution in [0.15, 0.2) is 22.8 Å². The van der Waals surface area contributed by atoms with Gasteiger partial charge in [-0.3, -0.25) is 4.79 Å². The maximum atomic E-state index is 13.6. The van der Waals surface area contributed by atoms with Crippen molar-refractivity contribution in [2.75, 3.05) is 0 Å². The van der Waals surface area contributed by atoms with Crippen LogP contribution in [-0.2, 0) is 4.79 Å². The molecule has 2 nitrogen and oxygen atoms in total. The topological polar surface area (TPSA) is 37.3 Å². The molecular weight excluding hydrogens is 365 g/mol. The predicted octanol–water partition coefficient (Wildman–Crippen LogP) is 5.15. The summed E-state index contributed by atoms with van der Waals surface area (Å²) >= 11 is 6.15. The highest BCUT2D eigenvalue weighted by Crippen LogP contribution is 2.66. The molecule has 0 aromatic rings. The Labute approximate surface area is 156 Å². The van der Waals surface area contributed by atoms with Crippen LogP contribution in [0.3, 0.4) is 0 Å². The first-order valence-corrected chi connectivity index (χ1v) is 9.71. The van der Waals surface area contributed by atoms with Crippen molar-refractivity contribution >= 4 is 17.4 Å². The lowest BCUT2D eigenvalue weighted by Gasteiger charge is -2.59. The van der Waals surface area contributed by atoms with E-state index in [1.165, 1.54) is 0 Å². The second-order valence-corrected chi connectivity index (χ2v) is 9.61. The molecule has 26 heavy (non-hydrogen) atoms. The summed E-state index contributed by atoms with van der Waals surface area (Å²) in [5, 5.41) is 9.99. The summed E-state index contributed by atoms with van der Waals surface area (Å²) in [5.41, 5.74) is -3.45. The van der Waals surface area contributed by atoms with Crippen LogP contribution in [0.1, 0.15) is 52.4 Å². The molecule has 0 radical (unpaired) electrons. The molecule has 0 bridgehead atoms. The molecule has 2 fully saturated rings. The standard InChI is InChI=1S/C20H24ClF3O2/c1-17-8-3-4-12(17)11-5-6-14-15(21)16(25)19(26,20(22,23)24)10-18(14,2)13(11)7-9-17/h3-4,11-13,26H,5-10H2,1-2H3/t11-,12-,13-,17-,18+,19?/m0/s1. The van der Waals surface area contributed by atoms with Gasteiger partial charge in [0, 0.05) is 6.42 Å². The van der Waals surface area contributed by atoms with Crippen molar-refractivity contribution in [3.63, 3.8) is 0 Å². The number of aliphatic hydroxyl groups is 1. The van der Waals surface area contributed by atoms with Gasteiger partial charge in [0.15, 0.2) is 0 Å². The number of hydrogen-bond donors (Lipinski definition) is 1. The van der Waals surface area contributed by atoms with E-state index in [0.717, 1.165) is 25.7 Å². The number of allylic oxidation sites excluding steroid dienone is 3. The van der Waals surface area contributed by atoms with Gasteiger partial charge in [-0.2, -0.15) is 13.2 Å². The van der Waals surface area contributed by atoms with Gasteiger partial charge in [0.05, 0.1) is 5.03 Å². The van der Waals surface area contributed by atoms with Crippen molar-refractivity contribution in [2.24, 2.45) is 28.6 Å². The van der Waals surface area contributed by atoms with Gasteiger partial charge >= 0.3 is 6.18 Å². The highest BCUT2D eigenvalue weighted by atomic mass is 35.5. The summed E-state index contributed by atoms with van der Waals surface area (Å²) in [4.78, 5) is 12.3. The van der Waals surface area contributed by atoms with Gasteiger partial charge in [-0.05, 0) is 66.3 Å². The van der Waals surface area contributed by atoms with Crippen LogP contribution in [0.5, 0.6) is 0 Å². The monoisotopic (exact) mass is 388 g/mol. The van der Waals surface area contributed by atoms with E-state index in [9.17, 15) is 23.1 Å². The summed E-state index contributed by atoms with van der Waals surface area (Å²) in [6.07, 6.45) is 2.96. The molecule has 2 saturated carbocycles. The number of ketones is 1. The smallest absolute Gasteiger partial charge is 0.374 e. The first-order chi connectivity index (χ1) is 11.9. The summed E-state index contributed by atoms with van der Waals surface area (Å²) in [6.45, 7) is 4.05. The third-order valence-electron chi connectivity index (χ3n) is 7.90. The van der Waals surface area contributed by atoms with Crippen LogP contribution in [-0.4, -0.2) is 22.7 Å². The molecule has 4 aliphatic rings. The fraction of sp³-hybridized carbons (Fsp3) is 0.750. The third kappa shape index (κ3) is 2.19. The minimum Gasteiger partial charge on any atom is -0.374 e. The molecule has 0 saturated heterocycles. The maximum Gasteiger partial charge on any atom is 0.424 e. The SMILES string of the molecule is C[C@@]12CC=C[C@H]1[C@@H]1CCC3=C(Cl)C(=O)C(O)(C(F)(F)F)C[C@]3(C)[C@H]1CC2. The molecule has 4 rings (SSSR count). The Morgan fingerprint density at radius 1 is 1.27 bits per heavy atom. The number of hydrogen-bond acceptors (Lipinski definition) is 2. The van der Waals surface area contributed by atoms with Crippen LogP contribution in [0.25, 0.3) is 0 Å². The molecule has 0 heterocycles. The van der Waals surface area contributed by atoms with E-state index < -0.39 is 29.4 Å². The van der Waals surface area contributed by atoms with E-state index in [-0.39, 0.29) is 22.3 Å². The van der Waals surface area contributed by atoms with E-state index in [1.807, 2.05) is 0 Å². The fourth-order valence-corrected chi connectivity index (χ4v) is 6.95. The summed E-state index contributed by atoms with van der Waals surface area (Å²) in [5.74, 6) is -0.742. The Bertz CT molecular complexity index is 727. The molecule has 4 aliphatic carbocycles. The van der Waals surface area contributed by atoms with Crippen LogP contribution in [0, 0.1) is 28.6 Å². The van der Waals surface area contributed by atoms with Crippen molar-refractivity contribution < 1.29 is 23.1 Å². The molecule has 6 atom stereocenters. The molecule has 1 unspecified atom stereocenters. The summed E-state index contributed by atoms with van der Waals surface area (Å²) in [6, 6.07) is 0. The van der Waals surface area contributed by atoms with Crippen molar-refractivity contribution in [1.29, 1.82) is 0 Å². The van der Waals surface area contributed by atoms with Crippen molar-refractivity contribution in [2.45, 2.75) is 64.1 Å². The highest BCUT2D eigenvalue weighted by Gasteiger charge is 2.68. The normalized spacial score (nSPS) is 48.3. The summed E-state index contributed by atoms with van der Waals surface area (Å²) in [7, 11) is 0. The van der Waals surface area contributed by atoms with E-state index in [0.29, 0.717) is 17.9 Å².